The molecule has 0 atom stereocenters. The number of nitrogens with one attached hydrogen (secondary N) is 1. The number of aromatic amines is 1. The smallest absolute Gasteiger partial charge is 0.335 e. The maximum atomic E-state index is 11.2. The molecule has 0 unspecified atom stereocenters. The predicted molar refractivity (Wildman–Crippen MR) is 126 cm³/mol. The van der Waals surface area contributed by atoms with Gasteiger partial charge in [0.1, 0.15) is 5.82 Å². The van der Waals surface area contributed by atoms with Crippen molar-refractivity contribution in [3.8, 4) is 33.6 Å². The third kappa shape index (κ3) is 3.74. The van der Waals surface area contributed by atoms with E-state index in [0.717, 1.165) is 38.9 Å². The van der Waals surface area contributed by atoms with Gasteiger partial charge in [-0.1, -0.05) is 66.7 Å². The standard InChI is InChI=1S/C27H18N2O4/c30-26(31)19-10-6-16(7-11-19)21-14-15-22(17-8-12-20(13-9-17)27(32)33)24-23(21)28-25(29-24)18-4-2-1-3-5-18/h1-15H,(H,28,29)(H,30,31)(H,32,33). The molecular weight excluding hydrogens is 416 g/mol. The van der Waals surface area contributed by atoms with Gasteiger partial charge >= 0.3 is 11.9 Å². The Hall–Kier alpha value is -4.71. The van der Waals surface area contributed by atoms with E-state index in [1.54, 1.807) is 48.5 Å². The number of imidazole rings is 1. The summed E-state index contributed by atoms with van der Waals surface area (Å²) in [6.07, 6.45) is 0. The minimum atomic E-state index is -0.974. The first-order valence-corrected chi connectivity index (χ1v) is 10.3. The van der Waals surface area contributed by atoms with E-state index in [1.165, 1.54) is 0 Å². The van der Waals surface area contributed by atoms with Crippen molar-refractivity contribution in [2.75, 3.05) is 0 Å². The number of hydrogen-bond donors (Lipinski definition) is 3. The third-order valence-corrected chi connectivity index (χ3v) is 5.58. The van der Waals surface area contributed by atoms with Crippen LogP contribution in [0.5, 0.6) is 0 Å². The van der Waals surface area contributed by atoms with E-state index >= 15 is 0 Å². The highest BCUT2D eigenvalue weighted by atomic mass is 16.4. The molecule has 0 aliphatic heterocycles. The second kappa shape index (κ2) is 8.09. The number of aromatic carboxylic acids is 2. The number of H-pyrrole nitrogens is 1. The Morgan fingerprint density at radius 2 is 1.12 bits per heavy atom. The number of nitrogens with zero attached hydrogens (tertiary/aromatic N) is 1. The Morgan fingerprint density at radius 3 is 1.67 bits per heavy atom. The predicted octanol–water partition coefficient (Wildman–Crippen LogP) is 5.96. The fourth-order valence-corrected chi connectivity index (χ4v) is 3.88. The zero-order chi connectivity index (χ0) is 22.9. The maximum Gasteiger partial charge on any atom is 0.335 e. The molecule has 3 N–H and O–H groups in total. The van der Waals surface area contributed by atoms with Gasteiger partial charge in [0.15, 0.2) is 0 Å². The number of benzene rings is 4. The summed E-state index contributed by atoms with van der Waals surface area (Å²) >= 11 is 0. The first-order chi connectivity index (χ1) is 16.0. The number of rotatable bonds is 5. The van der Waals surface area contributed by atoms with E-state index in [9.17, 15) is 19.8 Å². The van der Waals surface area contributed by atoms with Crippen molar-refractivity contribution in [1.29, 1.82) is 0 Å². The first kappa shape index (κ1) is 20.2. The lowest BCUT2D eigenvalue weighted by Gasteiger charge is -2.08. The average Bonchev–Trinajstić information content (AvgIpc) is 3.30. The summed E-state index contributed by atoms with van der Waals surface area (Å²) in [7, 11) is 0. The molecule has 0 fully saturated rings. The Labute approximate surface area is 188 Å². The average molecular weight is 434 g/mol. The zero-order valence-electron chi connectivity index (χ0n) is 17.3. The lowest BCUT2D eigenvalue weighted by atomic mass is 9.97. The van der Waals surface area contributed by atoms with Crippen molar-refractivity contribution >= 4 is 23.0 Å². The normalized spacial score (nSPS) is 10.9. The molecule has 33 heavy (non-hydrogen) atoms. The number of carboxylic acid groups (broad SMARTS) is 2. The summed E-state index contributed by atoms with van der Waals surface area (Å²) in [5.41, 5.74) is 6.41. The Kier molecular flexibility index (Phi) is 4.95. The third-order valence-electron chi connectivity index (χ3n) is 5.58. The minimum Gasteiger partial charge on any atom is -0.478 e. The molecular formula is C27H18N2O4. The molecule has 4 aromatic carbocycles. The number of hydrogen-bond acceptors (Lipinski definition) is 3. The van der Waals surface area contributed by atoms with Crippen LogP contribution in [0.3, 0.4) is 0 Å². The Bertz CT molecular complexity index is 1390. The molecule has 160 valence electrons. The van der Waals surface area contributed by atoms with Crippen molar-refractivity contribution < 1.29 is 19.8 Å². The van der Waals surface area contributed by atoms with Crippen molar-refractivity contribution in [2.45, 2.75) is 0 Å². The fraction of sp³-hybridized carbons (Fsp3) is 0. The van der Waals surface area contributed by atoms with Crippen LogP contribution in [-0.2, 0) is 0 Å². The van der Waals surface area contributed by atoms with E-state index in [2.05, 4.69) is 4.98 Å². The molecule has 0 aliphatic rings. The topological polar surface area (TPSA) is 103 Å². The Morgan fingerprint density at radius 1 is 0.606 bits per heavy atom. The first-order valence-electron chi connectivity index (χ1n) is 10.3. The van der Waals surface area contributed by atoms with Crippen molar-refractivity contribution in [3.05, 3.63) is 102 Å². The molecule has 0 radical (unpaired) electrons. The molecule has 1 aromatic heterocycles. The van der Waals surface area contributed by atoms with Gasteiger partial charge in [0.05, 0.1) is 22.2 Å². The van der Waals surface area contributed by atoms with Crippen molar-refractivity contribution in [2.24, 2.45) is 0 Å². The van der Waals surface area contributed by atoms with E-state index in [4.69, 9.17) is 4.98 Å². The number of aromatic nitrogens is 2. The van der Waals surface area contributed by atoms with Crippen LogP contribution in [0.15, 0.2) is 91.0 Å². The van der Waals surface area contributed by atoms with Gasteiger partial charge in [-0.05, 0) is 35.4 Å². The van der Waals surface area contributed by atoms with Crippen LogP contribution in [0.1, 0.15) is 20.7 Å². The number of carboxylic acids is 2. The highest BCUT2D eigenvalue weighted by Crippen LogP contribution is 2.36. The van der Waals surface area contributed by atoms with Crippen LogP contribution in [0.2, 0.25) is 0 Å². The molecule has 0 amide bonds. The van der Waals surface area contributed by atoms with Gasteiger partial charge in [-0.3, -0.25) is 0 Å². The molecule has 1 heterocycles. The van der Waals surface area contributed by atoms with Gasteiger partial charge in [-0.15, -0.1) is 0 Å². The zero-order valence-corrected chi connectivity index (χ0v) is 17.3. The fourth-order valence-electron chi connectivity index (χ4n) is 3.88. The summed E-state index contributed by atoms with van der Waals surface area (Å²) in [5.74, 6) is -1.23. The monoisotopic (exact) mass is 434 g/mol. The quantitative estimate of drug-likeness (QED) is 0.317. The van der Waals surface area contributed by atoms with E-state index in [0.29, 0.717) is 5.82 Å². The lowest BCUT2D eigenvalue weighted by Crippen LogP contribution is -1.95. The highest BCUT2D eigenvalue weighted by molar-refractivity contribution is 6.02. The van der Waals surface area contributed by atoms with E-state index < -0.39 is 11.9 Å². The van der Waals surface area contributed by atoms with Crippen LogP contribution < -0.4 is 0 Å². The molecule has 0 bridgehead atoms. The molecule has 5 aromatic rings. The van der Waals surface area contributed by atoms with Gasteiger partial charge in [0, 0.05) is 16.7 Å². The molecule has 0 saturated carbocycles. The molecule has 0 aliphatic carbocycles. The van der Waals surface area contributed by atoms with Crippen molar-refractivity contribution in [3.63, 3.8) is 0 Å². The molecule has 5 rings (SSSR count). The molecule has 6 nitrogen and oxygen atoms in total. The summed E-state index contributed by atoms with van der Waals surface area (Å²) in [5, 5.41) is 18.4. The SMILES string of the molecule is O=C(O)c1ccc(-c2ccc(-c3ccc(C(=O)O)cc3)c3[nH]c(-c4ccccc4)nc23)cc1. The lowest BCUT2D eigenvalue weighted by molar-refractivity contribution is 0.0686. The summed E-state index contributed by atoms with van der Waals surface area (Å²) in [6, 6.07) is 27.1. The largest absolute Gasteiger partial charge is 0.478 e. The number of carbonyl (C=O) groups is 2. The van der Waals surface area contributed by atoms with Crippen LogP contribution in [-0.4, -0.2) is 32.1 Å². The second-order valence-electron chi connectivity index (χ2n) is 7.60. The van der Waals surface area contributed by atoms with Crippen LogP contribution in [0.25, 0.3) is 44.7 Å². The van der Waals surface area contributed by atoms with Gasteiger partial charge in [0.25, 0.3) is 0 Å². The maximum absolute atomic E-state index is 11.2. The van der Waals surface area contributed by atoms with Gasteiger partial charge in [-0.25, -0.2) is 14.6 Å². The van der Waals surface area contributed by atoms with E-state index in [-0.39, 0.29) is 11.1 Å². The minimum absolute atomic E-state index is 0.220. The number of fused-ring (bicyclic) bond motifs is 1. The van der Waals surface area contributed by atoms with Crippen molar-refractivity contribution in [1.82, 2.24) is 9.97 Å². The summed E-state index contributed by atoms with van der Waals surface area (Å²) < 4.78 is 0. The Balaban J connectivity index is 1.71. The van der Waals surface area contributed by atoms with Crippen LogP contribution in [0, 0.1) is 0 Å². The van der Waals surface area contributed by atoms with Gasteiger partial charge < -0.3 is 15.2 Å². The van der Waals surface area contributed by atoms with Crippen LogP contribution in [0.4, 0.5) is 0 Å². The second-order valence-corrected chi connectivity index (χ2v) is 7.60. The van der Waals surface area contributed by atoms with Gasteiger partial charge in [-0.2, -0.15) is 0 Å². The van der Waals surface area contributed by atoms with Crippen LogP contribution >= 0.6 is 0 Å². The molecule has 0 saturated heterocycles. The molecule has 6 heteroatoms. The highest BCUT2D eigenvalue weighted by Gasteiger charge is 2.16. The molecule has 0 spiro atoms. The van der Waals surface area contributed by atoms with Gasteiger partial charge in [0.2, 0.25) is 0 Å². The summed E-state index contributed by atoms with van der Waals surface area (Å²) in [6.45, 7) is 0. The van der Waals surface area contributed by atoms with E-state index in [1.807, 2.05) is 42.5 Å². The summed E-state index contributed by atoms with van der Waals surface area (Å²) in [4.78, 5) is 30.8.